The summed E-state index contributed by atoms with van der Waals surface area (Å²) in [6, 6.07) is 3.68. The molecule has 0 radical (unpaired) electrons. The van der Waals surface area contributed by atoms with Crippen LogP contribution in [0, 0.1) is 0 Å². The van der Waals surface area contributed by atoms with E-state index in [9.17, 15) is 0 Å². The molecule has 1 fully saturated rings. The standard InChI is InChI=1S/C12H18ClN3O/c13-11-1-2-15-12(9-11)10-14-3-4-16-5-7-17-8-6-16/h1-2,9,14H,3-8,10H2. The van der Waals surface area contributed by atoms with Gasteiger partial charge in [0.25, 0.3) is 0 Å². The summed E-state index contributed by atoms with van der Waals surface area (Å²) in [5.74, 6) is 0. The van der Waals surface area contributed by atoms with Crippen LogP contribution in [0.2, 0.25) is 5.02 Å². The fourth-order valence-corrected chi connectivity index (χ4v) is 2.01. The monoisotopic (exact) mass is 255 g/mol. The zero-order valence-electron chi connectivity index (χ0n) is 9.86. The molecule has 2 heterocycles. The van der Waals surface area contributed by atoms with Crippen LogP contribution in [0.25, 0.3) is 0 Å². The van der Waals surface area contributed by atoms with Gasteiger partial charge in [-0.3, -0.25) is 9.88 Å². The van der Waals surface area contributed by atoms with Gasteiger partial charge in [-0.1, -0.05) is 11.6 Å². The minimum atomic E-state index is 0.741. The first-order chi connectivity index (χ1) is 8.34. The lowest BCUT2D eigenvalue weighted by atomic mass is 10.3. The molecule has 5 heteroatoms. The van der Waals surface area contributed by atoms with Crippen LogP contribution in [0.3, 0.4) is 0 Å². The van der Waals surface area contributed by atoms with Crippen molar-refractivity contribution in [2.24, 2.45) is 0 Å². The number of rotatable bonds is 5. The van der Waals surface area contributed by atoms with Gasteiger partial charge in [0.1, 0.15) is 0 Å². The van der Waals surface area contributed by atoms with Gasteiger partial charge in [0.05, 0.1) is 18.9 Å². The zero-order chi connectivity index (χ0) is 11.9. The summed E-state index contributed by atoms with van der Waals surface area (Å²) >= 11 is 5.89. The van der Waals surface area contributed by atoms with E-state index in [1.807, 2.05) is 6.07 Å². The predicted molar refractivity (Wildman–Crippen MR) is 68.2 cm³/mol. The third-order valence-corrected chi connectivity index (χ3v) is 3.03. The third-order valence-electron chi connectivity index (χ3n) is 2.79. The Morgan fingerprint density at radius 1 is 1.41 bits per heavy atom. The molecule has 0 aromatic carbocycles. The lowest BCUT2D eigenvalue weighted by Gasteiger charge is -2.26. The number of halogens is 1. The summed E-state index contributed by atoms with van der Waals surface area (Å²) in [6.07, 6.45) is 1.74. The van der Waals surface area contributed by atoms with Gasteiger partial charge in [-0.2, -0.15) is 0 Å². The van der Waals surface area contributed by atoms with Crippen molar-refractivity contribution in [1.82, 2.24) is 15.2 Å². The van der Waals surface area contributed by atoms with Crippen LogP contribution in [0.4, 0.5) is 0 Å². The van der Waals surface area contributed by atoms with E-state index in [1.54, 1.807) is 12.3 Å². The van der Waals surface area contributed by atoms with E-state index in [2.05, 4.69) is 15.2 Å². The Bertz CT molecular complexity index is 342. The van der Waals surface area contributed by atoms with Crippen molar-refractivity contribution in [2.75, 3.05) is 39.4 Å². The molecule has 0 bridgehead atoms. The summed E-state index contributed by atoms with van der Waals surface area (Å²) < 4.78 is 5.30. The molecule has 2 rings (SSSR count). The maximum atomic E-state index is 5.89. The molecule has 0 atom stereocenters. The topological polar surface area (TPSA) is 37.4 Å². The molecule has 0 aliphatic carbocycles. The molecule has 1 aliphatic heterocycles. The Balaban J connectivity index is 1.62. The number of nitrogens with zero attached hydrogens (tertiary/aromatic N) is 2. The third kappa shape index (κ3) is 4.60. The summed E-state index contributed by atoms with van der Waals surface area (Å²) in [7, 11) is 0. The first-order valence-corrected chi connectivity index (χ1v) is 6.33. The van der Waals surface area contributed by atoms with E-state index in [-0.39, 0.29) is 0 Å². The average Bonchev–Trinajstić information content (AvgIpc) is 2.36. The van der Waals surface area contributed by atoms with Gasteiger partial charge in [-0.15, -0.1) is 0 Å². The van der Waals surface area contributed by atoms with Crippen LogP contribution in [-0.2, 0) is 11.3 Å². The molecule has 1 N–H and O–H groups in total. The maximum Gasteiger partial charge on any atom is 0.0594 e. The summed E-state index contributed by atoms with van der Waals surface area (Å²) in [5, 5.41) is 4.11. The predicted octanol–water partition coefficient (Wildman–Crippen LogP) is 1.16. The highest BCUT2D eigenvalue weighted by molar-refractivity contribution is 6.30. The molecular formula is C12H18ClN3O. The zero-order valence-corrected chi connectivity index (χ0v) is 10.6. The molecule has 17 heavy (non-hydrogen) atoms. The largest absolute Gasteiger partial charge is 0.379 e. The SMILES string of the molecule is Clc1ccnc(CNCCN2CCOCC2)c1. The van der Waals surface area contributed by atoms with Crippen molar-refractivity contribution in [3.8, 4) is 0 Å². The van der Waals surface area contributed by atoms with Gasteiger partial charge >= 0.3 is 0 Å². The second kappa shape index (κ2) is 6.91. The second-order valence-electron chi connectivity index (χ2n) is 4.10. The van der Waals surface area contributed by atoms with E-state index < -0.39 is 0 Å². The van der Waals surface area contributed by atoms with Gasteiger partial charge in [0, 0.05) is 43.9 Å². The molecule has 0 amide bonds. The lowest BCUT2D eigenvalue weighted by molar-refractivity contribution is 0.0384. The van der Waals surface area contributed by atoms with Crippen LogP contribution in [-0.4, -0.2) is 49.3 Å². The van der Waals surface area contributed by atoms with Crippen molar-refractivity contribution >= 4 is 11.6 Å². The van der Waals surface area contributed by atoms with E-state index in [4.69, 9.17) is 16.3 Å². The number of pyridine rings is 1. The molecule has 94 valence electrons. The lowest BCUT2D eigenvalue weighted by Crippen LogP contribution is -2.40. The Morgan fingerprint density at radius 3 is 3.00 bits per heavy atom. The molecule has 0 spiro atoms. The van der Waals surface area contributed by atoms with Crippen LogP contribution in [0.1, 0.15) is 5.69 Å². The van der Waals surface area contributed by atoms with Crippen molar-refractivity contribution in [1.29, 1.82) is 0 Å². The summed E-state index contributed by atoms with van der Waals surface area (Å²) in [4.78, 5) is 6.65. The Labute approximate surface area is 107 Å². The minimum Gasteiger partial charge on any atom is -0.379 e. The number of ether oxygens (including phenoxy) is 1. The molecular weight excluding hydrogens is 238 g/mol. The number of hydrogen-bond donors (Lipinski definition) is 1. The van der Waals surface area contributed by atoms with Crippen molar-refractivity contribution in [2.45, 2.75) is 6.54 Å². The quantitative estimate of drug-likeness (QED) is 0.802. The highest BCUT2D eigenvalue weighted by atomic mass is 35.5. The minimum absolute atomic E-state index is 0.741. The molecule has 1 aliphatic rings. The smallest absolute Gasteiger partial charge is 0.0594 e. The maximum absolute atomic E-state index is 5.89. The fraction of sp³-hybridized carbons (Fsp3) is 0.583. The number of aromatic nitrogens is 1. The van der Waals surface area contributed by atoms with Crippen molar-refractivity contribution < 1.29 is 4.74 Å². The van der Waals surface area contributed by atoms with Crippen molar-refractivity contribution in [3.05, 3.63) is 29.0 Å². The Kier molecular flexibility index (Phi) is 5.19. The molecule has 1 saturated heterocycles. The number of nitrogens with one attached hydrogen (secondary N) is 1. The Hall–Kier alpha value is -0.680. The van der Waals surface area contributed by atoms with Gasteiger partial charge in [-0.25, -0.2) is 0 Å². The van der Waals surface area contributed by atoms with Gasteiger partial charge in [-0.05, 0) is 12.1 Å². The second-order valence-corrected chi connectivity index (χ2v) is 4.53. The van der Waals surface area contributed by atoms with Gasteiger partial charge < -0.3 is 10.1 Å². The van der Waals surface area contributed by atoms with Gasteiger partial charge in [0.2, 0.25) is 0 Å². The number of morpholine rings is 1. The van der Waals surface area contributed by atoms with Crippen LogP contribution >= 0.6 is 11.6 Å². The molecule has 1 aromatic heterocycles. The number of hydrogen-bond acceptors (Lipinski definition) is 4. The highest BCUT2D eigenvalue weighted by Gasteiger charge is 2.08. The Morgan fingerprint density at radius 2 is 2.24 bits per heavy atom. The molecule has 0 saturated carbocycles. The van der Waals surface area contributed by atoms with Crippen molar-refractivity contribution in [3.63, 3.8) is 0 Å². The van der Waals surface area contributed by atoms with Crippen LogP contribution < -0.4 is 5.32 Å². The van der Waals surface area contributed by atoms with E-state index >= 15 is 0 Å². The average molecular weight is 256 g/mol. The molecule has 1 aromatic rings. The van der Waals surface area contributed by atoms with E-state index in [0.29, 0.717) is 0 Å². The molecule has 0 unspecified atom stereocenters. The van der Waals surface area contributed by atoms with E-state index in [1.165, 1.54) is 0 Å². The van der Waals surface area contributed by atoms with Crippen LogP contribution in [0.15, 0.2) is 18.3 Å². The van der Waals surface area contributed by atoms with Gasteiger partial charge in [0.15, 0.2) is 0 Å². The summed E-state index contributed by atoms with van der Waals surface area (Å²) in [6.45, 7) is 6.59. The highest BCUT2D eigenvalue weighted by Crippen LogP contribution is 2.07. The fourth-order valence-electron chi connectivity index (χ4n) is 1.82. The first-order valence-electron chi connectivity index (χ1n) is 5.96. The van der Waals surface area contributed by atoms with Crippen LogP contribution in [0.5, 0.6) is 0 Å². The first kappa shape index (κ1) is 12.8. The van der Waals surface area contributed by atoms with E-state index in [0.717, 1.165) is 56.7 Å². The molecule has 4 nitrogen and oxygen atoms in total. The summed E-state index contributed by atoms with van der Waals surface area (Å²) in [5.41, 5.74) is 0.986. The normalized spacial score (nSPS) is 17.2.